The summed E-state index contributed by atoms with van der Waals surface area (Å²) >= 11 is 5.95. The average Bonchev–Trinajstić information content (AvgIpc) is 3.01. The summed E-state index contributed by atoms with van der Waals surface area (Å²) in [5.74, 6) is -1.08. The second kappa shape index (κ2) is 13.4. The summed E-state index contributed by atoms with van der Waals surface area (Å²) in [6.45, 7) is -0.0323. The standard InChI is InChI=1S/C28H31ClFN3O8S2/c1-39-24-12-9-21(17-26(24)41-3)42(35,36)33(20-8-10-23(30)22(29)16-20)18-28(34)31-19-7-11-25(40-2)27(15-19)43(37,38)32-13-5-4-6-14-32/h7-12,15-17H,4-6,13-14,18H2,1-3H3,(H,31,34). The molecule has 1 saturated heterocycles. The van der Waals surface area contributed by atoms with Gasteiger partial charge in [0.15, 0.2) is 11.5 Å². The number of anilines is 2. The molecule has 1 amide bonds. The van der Waals surface area contributed by atoms with E-state index in [-0.39, 0.29) is 43.4 Å². The summed E-state index contributed by atoms with van der Waals surface area (Å²) < 4.78 is 86.3. The van der Waals surface area contributed by atoms with E-state index < -0.39 is 38.3 Å². The molecule has 1 aliphatic heterocycles. The molecule has 0 aliphatic carbocycles. The number of hydrogen-bond donors (Lipinski definition) is 1. The lowest BCUT2D eigenvalue weighted by molar-refractivity contribution is -0.114. The zero-order valence-corrected chi connectivity index (χ0v) is 26.1. The fraction of sp³-hybridized carbons (Fsp3) is 0.321. The molecule has 3 aromatic carbocycles. The lowest BCUT2D eigenvalue weighted by atomic mass is 10.2. The Bertz CT molecular complexity index is 1710. The number of hydrogen-bond acceptors (Lipinski definition) is 8. The first kappa shape index (κ1) is 32.3. The number of nitrogens with one attached hydrogen (secondary N) is 1. The molecular formula is C28H31ClFN3O8S2. The van der Waals surface area contributed by atoms with Gasteiger partial charge in [-0.05, 0) is 61.4 Å². The Morgan fingerprint density at radius 3 is 2.16 bits per heavy atom. The first-order valence-corrected chi connectivity index (χ1v) is 16.4. The van der Waals surface area contributed by atoms with E-state index in [4.69, 9.17) is 25.8 Å². The molecule has 1 fully saturated rings. The quantitative estimate of drug-likeness (QED) is 0.319. The third-order valence-electron chi connectivity index (χ3n) is 6.80. The number of nitrogens with zero attached hydrogens (tertiary/aromatic N) is 2. The Hall–Kier alpha value is -3.59. The number of amides is 1. The molecule has 232 valence electrons. The van der Waals surface area contributed by atoms with Crippen LogP contribution in [-0.2, 0) is 24.8 Å². The van der Waals surface area contributed by atoms with Gasteiger partial charge in [-0.1, -0.05) is 18.0 Å². The van der Waals surface area contributed by atoms with Gasteiger partial charge in [-0.3, -0.25) is 9.10 Å². The maximum absolute atomic E-state index is 14.0. The predicted molar refractivity (Wildman–Crippen MR) is 160 cm³/mol. The highest BCUT2D eigenvalue weighted by molar-refractivity contribution is 7.93. The van der Waals surface area contributed by atoms with Crippen molar-refractivity contribution in [1.29, 1.82) is 0 Å². The number of ether oxygens (including phenoxy) is 3. The van der Waals surface area contributed by atoms with E-state index in [9.17, 15) is 26.0 Å². The fourth-order valence-electron chi connectivity index (χ4n) is 4.59. The number of methoxy groups -OCH3 is 3. The highest BCUT2D eigenvalue weighted by Gasteiger charge is 2.31. The van der Waals surface area contributed by atoms with Crippen molar-refractivity contribution in [2.24, 2.45) is 0 Å². The van der Waals surface area contributed by atoms with Crippen molar-refractivity contribution in [2.45, 2.75) is 29.1 Å². The highest BCUT2D eigenvalue weighted by atomic mass is 35.5. The topological polar surface area (TPSA) is 132 Å². The van der Waals surface area contributed by atoms with Gasteiger partial charge in [0.1, 0.15) is 23.0 Å². The van der Waals surface area contributed by atoms with E-state index in [1.54, 1.807) is 0 Å². The van der Waals surface area contributed by atoms with Crippen LogP contribution in [0.25, 0.3) is 0 Å². The number of piperidine rings is 1. The molecule has 4 rings (SSSR count). The maximum atomic E-state index is 14.0. The molecule has 0 radical (unpaired) electrons. The summed E-state index contributed by atoms with van der Waals surface area (Å²) in [5.41, 5.74) is 0.0152. The molecule has 0 bridgehead atoms. The van der Waals surface area contributed by atoms with Crippen LogP contribution in [0.5, 0.6) is 17.2 Å². The zero-order valence-electron chi connectivity index (χ0n) is 23.7. The van der Waals surface area contributed by atoms with Gasteiger partial charge in [0.25, 0.3) is 10.0 Å². The van der Waals surface area contributed by atoms with Crippen molar-refractivity contribution in [1.82, 2.24) is 4.31 Å². The number of carbonyl (C=O) groups is 1. The molecule has 0 spiro atoms. The lowest BCUT2D eigenvalue weighted by Crippen LogP contribution is -2.38. The van der Waals surface area contributed by atoms with Crippen LogP contribution in [0.3, 0.4) is 0 Å². The fourth-order valence-corrected chi connectivity index (χ4v) is 7.89. The van der Waals surface area contributed by atoms with Crippen molar-refractivity contribution < 1.29 is 40.2 Å². The Morgan fingerprint density at radius 2 is 1.53 bits per heavy atom. The SMILES string of the molecule is COc1ccc(S(=O)(=O)N(CC(=O)Nc2ccc(OC)c(S(=O)(=O)N3CCCCC3)c2)c2ccc(F)c(Cl)c2)cc1OC. The van der Waals surface area contributed by atoms with E-state index in [1.165, 1.54) is 68.1 Å². The van der Waals surface area contributed by atoms with Crippen molar-refractivity contribution in [3.8, 4) is 17.2 Å². The van der Waals surface area contributed by atoms with Crippen LogP contribution in [0.2, 0.25) is 5.02 Å². The highest BCUT2D eigenvalue weighted by Crippen LogP contribution is 2.34. The number of halogens is 2. The van der Waals surface area contributed by atoms with Crippen LogP contribution in [0, 0.1) is 5.82 Å². The smallest absolute Gasteiger partial charge is 0.264 e. The molecule has 1 aliphatic rings. The summed E-state index contributed by atoms with van der Waals surface area (Å²) in [6, 6.07) is 11.2. The first-order chi connectivity index (χ1) is 20.4. The largest absolute Gasteiger partial charge is 0.495 e. The first-order valence-electron chi connectivity index (χ1n) is 13.1. The summed E-state index contributed by atoms with van der Waals surface area (Å²) in [5, 5.41) is 2.21. The third-order valence-corrected chi connectivity index (χ3v) is 10.8. The number of carbonyl (C=O) groups excluding carboxylic acids is 1. The Morgan fingerprint density at radius 1 is 0.884 bits per heavy atom. The molecule has 0 atom stereocenters. The van der Waals surface area contributed by atoms with E-state index in [0.29, 0.717) is 13.1 Å². The minimum Gasteiger partial charge on any atom is -0.495 e. The molecule has 1 N–H and O–H groups in total. The van der Waals surface area contributed by atoms with Crippen molar-refractivity contribution in [3.63, 3.8) is 0 Å². The summed E-state index contributed by atoms with van der Waals surface area (Å²) in [7, 11) is -4.31. The van der Waals surface area contributed by atoms with Gasteiger partial charge in [0.2, 0.25) is 15.9 Å². The van der Waals surface area contributed by atoms with Crippen LogP contribution in [0.15, 0.2) is 64.4 Å². The molecule has 0 saturated carbocycles. The lowest BCUT2D eigenvalue weighted by Gasteiger charge is -2.27. The van der Waals surface area contributed by atoms with Crippen molar-refractivity contribution in [2.75, 3.05) is 50.6 Å². The molecule has 43 heavy (non-hydrogen) atoms. The van der Waals surface area contributed by atoms with Gasteiger partial charge in [-0.15, -0.1) is 0 Å². The molecule has 11 nitrogen and oxygen atoms in total. The van der Waals surface area contributed by atoms with Crippen LogP contribution < -0.4 is 23.8 Å². The number of rotatable bonds is 11. The minimum atomic E-state index is -4.45. The normalized spacial score (nSPS) is 14.2. The Balaban J connectivity index is 1.68. The van der Waals surface area contributed by atoms with Crippen molar-refractivity contribution in [3.05, 3.63) is 65.4 Å². The van der Waals surface area contributed by atoms with Gasteiger partial charge in [0, 0.05) is 24.8 Å². The van der Waals surface area contributed by atoms with Crippen LogP contribution >= 0.6 is 11.6 Å². The van der Waals surface area contributed by atoms with Gasteiger partial charge in [0.05, 0.1) is 36.9 Å². The third kappa shape index (κ3) is 6.98. The Kier molecular flexibility index (Phi) is 10.1. The predicted octanol–water partition coefficient (Wildman–Crippen LogP) is 4.51. The van der Waals surface area contributed by atoms with Gasteiger partial charge >= 0.3 is 0 Å². The molecule has 15 heteroatoms. The monoisotopic (exact) mass is 655 g/mol. The minimum absolute atomic E-state index is 0.0839. The molecule has 3 aromatic rings. The molecular weight excluding hydrogens is 625 g/mol. The van der Waals surface area contributed by atoms with Crippen LogP contribution in [-0.4, -0.2) is 68.0 Å². The molecule has 1 heterocycles. The summed E-state index contributed by atoms with van der Waals surface area (Å²) in [6.07, 6.45) is 2.40. The number of benzene rings is 3. The summed E-state index contributed by atoms with van der Waals surface area (Å²) in [4.78, 5) is 12.9. The Labute approximate surface area is 255 Å². The molecule has 0 unspecified atom stereocenters. The van der Waals surface area contributed by atoms with E-state index in [0.717, 1.165) is 35.7 Å². The molecule has 0 aromatic heterocycles. The van der Waals surface area contributed by atoms with E-state index >= 15 is 0 Å². The van der Waals surface area contributed by atoms with E-state index in [2.05, 4.69) is 5.32 Å². The second-order valence-corrected chi connectivity index (χ2v) is 13.7. The van der Waals surface area contributed by atoms with Crippen LogP contribution in [0.4, 0.5) is 15.8 Å². The maximum Gasteiger partial charge on any atom is 0.264 e. The van der Waals surface area contributed by atoms with Gasteiger partial charge in [-0.25, -0.2) is 21.2 Å². The van der Waals surface area contributed by atoms with Crippen molar-refractivity contribution >= 4 is 48.9 Å². The average molecular weight is 656 g/mol. The van der Waals surface area contributed by atoms with E-state index in [1.807, 2.05) is 0 Å². The zero-order chi connectivity index (χ0) is 31.4. The van der Waals surface area contributed by atoms with Crippen LogP contribution in [0.1, 0.15) is 19.3 Å². The second-order valence-electron chi connectivity index (χ2n) is 9.51. The van der Waals surface area contributed by atoms with Gasteiger partial charge < -0.3 is 19.5 Å². The van der Waals surface area contributed by atoms with Gasteiger partial charge in [-0.2, -0.15) is 4.31 Å². The number of sulfonamides is 2.